The van der Waals surface area contributed by atoms with Gasteiger partial charge in [-0.3, -0.25) is 4.98 Å². The fourth-order valence-corrected chi connectivity index (χ4v) is 5.88. The predicted molar refractivity (Wildman–Crippen MR) is 188 cm³/mol. The summed E-state index contributed by atoms with van der Waals surface area (Å²) in [6.07, 6.45) is 3.68. The van der Waals surface area contributed by atoms with Gasteiger partial charge in [-0.15, -0.1) is 0 Å². The van der Waals surface area contributed by atoms with E-state index in [0.717, 1.165) is 44.5 Å². The molecule has 46 heavy (non-hydrogen) atoms. The van der Waals surface area contributed by atoms with Crippen LogP contribution in [-0.4, -0.2) is 19.9 Å². The Morgan fingerprint density at radius 2 is 0.848 bits per heavy atom. The van der Waals surface area contributed by atoms with Crippen molar-refractivity contribution in [3.8, 4) is 67.5 Å². The van der Waals surface area contributed by atoms with E-state index in [1.54, 1.807) is 6.20 Å². The van der Waals surface area contributed by atoms with E-state index in [0.29, 0.717) is 17.5 Å². The second-order valence-corrected chi connectivity index (χ2v) is 11.2. The standard InChI is InChI=1S/C42H28N4/c1-3-11-29(12-4-1)35-25-36(34-17-10-24-43-28-34)27-37(26-35)42-45-40(32-14-5-2-6-15-32)44-41(46-42)33-22-20-31(21-23-33)39-19-9-16-30-13-7-8-18-38(30)39/h1-28H. The van der Waals surface area contributed by atoms with Crippen molar-refractivity contribution in [2.45, 2.75) is 0 Å². The number of fused-ring (bicyclic) bond motifs is 1. The molecule has 4 nitrogen and oxygen atoms in total. The van der Waals surface area contributed by atoms with E-state index in [-0.39, 0.29) is 0 Å². The maximum atomic E-state index is 5.08. The van der Waals surface area contributed by atoms with Gasteiger partial charge in [0.25, 0.3) is 0 Å². The quantitative estimate of drug-likeness (QED) is 0.194. The summed E-state index contributed by atoms with van der Waals surface area (Å²) >= 11 is 0. The van der Waals surface area contributed by atoms with E-state index in [2.05, 4.69) is 120 Å². The first-order valence-electron chi connectivity index (χ1n) is 15.3. The maximum absolute atomic E-state index is 5.08. The van der Waals surface area contributed by atoms with Crippen LogP contribution in [0.4, 0.5) is 0 Å². The van der Waals surface area contributed by atoms with Gasteiger partial charge in [0.05, 0.1) is 0 Å². The van der Waals surface area contributed by atoms with Gasteiger partial charge in [-0.1, -0.05) is 133 Å². The Morgan fingerprint density at radius 1 is 0.326 bits per heavy atom. The van der Waals surface area contributed by atoms with E-state index in [1.165, 1.54) is 16.3 Å². The third-order valence-corrected chi connectivity index (χ3v) is 8.20. The van der Waals surface area contributed by atoms with Crippen LogP contribution in [0.2, 0.25) is 0 Å². The fraction of sp³-hybridized carbons (Fsp3) is 0. The molecule has 0 amide bonds. The Hall–Kier alpha value is -6.26. The average molecular weight is 589 g/mol. The molecule has 0 aliphatic carbocycles. The summed E-state index contributed by atoms with van der Waals surface area (Å²) in [6.45, 7) is 0. The zero-order valence-electron chi connectivity index (χ0n) is 25.0. The smallest absolute Gasteiger partial charge is 0.164 e. The van der Waals surface area contributed by atoms with Crippen LogP contribution in [0.25, 0.3) is 78.3 Å². The fourth-order valence-electron chi connectivity index (χ4n) is 5.88. The molecule has 2 heterocycles. The summed E-state index contributed by atoms with van der Waals surface area (Å²) < 4.78 is 0. The van der Waals surface area contributed by atoms with Crippen LogP contribution in [0.3, 0.4) is 0 Å². The minimum absolute atomic E-state index is 0.616. The zero-order valence-corrected chi connectivity index (χ0v) is 25.0. The molecule has 0 spiro atoms. The van der Waals surface area contributed by atoms with Gasteiger partial charge < -0.3 is 0 Å². The molecule has 216 valence electrons. The topological polar surface area (TPSA) is 51.6 Å². The molecule has 2 aromatic heterocycles. The Labute approximate surface area is 267 Å². The van der Waals surface area contributed by atoms with E-state index in [1.807, 2.05) is 48.7 Å². The first kappa shape index (κ1) is 27.3. The molecule has 0 unspecified atom stereocenters. The van der Waals surface area contributed by atoms with Crippen molar-refractivity contribution < 1.29 is 0 Å². The van der Waals surface area contributed by atoms with Gasteiger partial charge in [-0.2, -0.15) is 0 Å². The highest BCUT2D eigenvalue weighted by molar-refractivity contribution is 5.96. The number of benzene rings is 6. The van der Waals surface area contributed by atoms with Crippen LogP contribution in [-0.2, 0) is 0 Å². The number of hydrogen-bond donors (Lipinski definition) is 0. The Bertz CT molecular complexity index is 2220. The lowest BCUT2D eigenvalue weighted by Crippen LogP contribution is -2.00. The van der Waals surface area contributed by atoms with Gasteiger partial charge in [-0.05, 0) is 62.9 Å². The number of rotatable bonds is 6. The van der Waals surface area contributed by atoms with Crippen LogP contribution in [0.1, 0.15) is 0 Å². The van der Waals surface area contributed by atoms with Crippen molar-refractivity contribution in [3.05, 3.63) is 170 Å². The SMILES string of the molecule is c1ccc(-c2cc(-c3cccnc3)cc(-c3nc(-c4ccccc4)nc(-c4ccc(-c5cccc6ccccc56)cc4)n3)c2)cc1. The summed E-state index contributed by atoms with van der Waals surface area (Å²) in [5.74, 6) is 1.87. The Kier molecular flexibility index (Phi) is 7.14. The van der Waals surface area contributed by atoms with Crippen molar-refractivity contribution in [1.29, 1.82) is 0 Å². The van der Waals surface area contributed by atoms with Gasteiger partial charge >= 0.3 is 0 Å². The van der Waals surface area contributed by atoms with E-state index >= 15 is 0 Å². The molecule has 0 saturated heterocycles. The highest BCUT2D eigenvalue weighted by Gasteiger charge is 2.15. The van der Waals surface area contributed by atoms with Gasteiger partial charge in [0.15, 0.2) is 17.5 Å². The molecule has 0 bridgehead atoms. The highest BCUT2D eigenvalue weighted by Crippen LogP contribution is 2.34. The number of aromatic nitrogens is 4. The van der Waals surface area contributed by atoms with Gasteiger partial charge in [0.1, 0.15) is 0 Å². The van der Waals surface area contributed by atoms with Gasteiger partial charge in [-0.25, -0.2) is 15.0 Å². The molecule has 0 N–H and O–H groups in total. The van der Waals surface area contributed by atoms with Crippen LogP contribution >= 0.6 is 0 Å². The molecular weight excluding hydrogens is 560 g/mol. The number of nitrogens with zero attached hydrogens (tertiary/aromatic N) is 4. The normalized spacial score (nSPS) is 11.0. The van der Waals surface area contributed by atoms with Crippen LogP contribution < -0.4 is 0 Å². The van der Waals surface area contributed by atoms with E-state index < -0.39 is 0 Å². The van der Waals surface area contributed by atoms with Crippen molar-refractivity contribution in [1.82, 2.24) is 19.9 Å². The monoisotopic (exact) mass is 588 g/mol. The van der Waals surface area contributed by atoms with Crippen molar-refractivity contribution in [2.24, 2.45) is 0 Å². The highest BCUT2D eigenvalue weighted by atomic mass is 15.0. The van der Waals surface area contributed by atoms with Gasteiger partial charge in [0.2, 0.25) is 0 Å². The van der Waals surface area contributed by atoms with E-state index in [9.17, 15) is 0 Å². The number of pyridine rings is 1. The molecule has 0 atom stereocenters. The molecule has 4 heteroatoms. The van der Waals surface area contributed by atoms with Crippen LogP contribution in [0.5, 0.6) is 0 Å². The lowest BCUT2D eigenvalue weighted by molar-refractivity contribution is 1.07. The molecule has 0 aliphatic rings. The lowest BCUT2D eigenvalue weighted by atomic mass is 9.96. The molecule has 0 radical (unpaired) electrons. The third-order valence-electron chi connectivity index (χ3n) is 8.20. The second-order valence-electron chi connectivity index (χ2n) is 11.2. The average Bonchev–Trinajstić information content (AvgIpc) is 3.15. The summed E-state index contributed by atoms with van der Waals surface area (Å²) in [7, 11) is 0. The van der Waals surface area contributed by atoms with Crippen LogP contribution in [0.15, 0.2) is 170 Å². The first-order chi connectivity index (χ1) is 22.8. The summed E-state index contributed by atoms with van der Waals surface area (Å²) in [6, 6.07) is 54.4. The van der Waals surface area contributed by atoms with Crippen molar-refractivity contribution >= 4 is 10.8 Å². The molecule has 6 aromatic carbocycles. The molecular formula is C42H28N4. The minimum Gasteiger partial charge on any atom is -0.264 e. The summed E-state index contributed by atoms with van der Waals surface area (Å²) in [5, 5.41) is 2.45. The van der Waals surface area contributed by atoms with Crippen molar-refractivity contribution in [2.75, 3.05) is 0 Å². The molecule has 0 aliphatic heterocycles. The zero-order chi connectivity index (χ0) is 30.7. The summed E-state index contributed by atoms with van der Waals surface area (Å²) in [4.78, 5) is 19.5. The predicted octanol–water partition coefficient (Wildman–Crippen LogP) is 10.4. The summed E-state index contributed by atoms with van der Waals surface area (Å²) in [5.41, 5.74) is 9.41. The number of hydrogen-bond acceptors (Lipinski definition) is 4. The second kappa shape index (κ2) is 12.0. The molecule has 8 rings (SSSR count). The molecule has 8 aromatic rings. The maximum Gasteiger partial charge on any atom is 0.164 e. The molecule has 0 fully saturated rings. The Morgan fingerprint density at radius 3 is 1.54 bits per heavy atom. The first-order valence-corrected chi connectivity index (χ1v) is 15.3. The van der Waals surface area contributed by atoms with Crippen LogP contribution in [0, 0.1) is 0 Å². The Balaban J connectivity index is 1.28. The minimum atomic E-state index is 0.616. The van der Waals surface area contributed by atoms with E-state index in [4.69, 9.17) is 15.0 Å². The third kappa shape index (κ3) is 5.44. The molecule has 0 saturated carbocycles. The van der Waals surface area contributed by atoms with Gasteiger partial charge in [0, 0.05) is 34.6 Å². The largest absolute Gasteiger partial charge is 0.264 e. The lowest BCUT2D eigenvalue weighted by Gasteiger charge is -2.12. The van der Waals surface area contributed by atoms with Crippen molar-refractivity contribution in [3.63, 3.8) is 0 Å².